The van der Waals surface area contributed by atoms with Crippen LogP contribution in [0.4, 0.5) is 0 Å². The van der Waals surface area contributed by atoms with Crippen LogP contribution in [0.1, 0.15) is 48.8 Å². The van der Waals surface area contributed by atoms with Gasteiger partial charge in [0.05, 0.1) is 16.7 Å². The topological polar surface area (TPSA) is 79.6 Å². The van der Waals surface area contributed by atoms with Gasteiger partial charge in [-0.25, -0.2) is 4.98 Å². The second-order valence-corrected chi connectivity index (χ2v) is 7.19. The first-order valence-electron chi connectivity index (χ1n) is 9.67. The van der Waals surface area contributed by atoms with Gasteiger partial charge in [0.2, 0.25) is 0 Å². The molecule has 0 amide bonds. The zero-order valence-electron chi connectivity index (χ0n) is 15.1. The maximum absolute atomic E-state index is 5.78. The van der Waals surface area contributed by atoms with Gasteiger partial charge in [0, 0.05) is 24.7 Å². The van der Waals surface area contributed by atoms with E-state index in [4.69, 9.17) is 10.7 Å². The molecule has 0 radical (unpaired) electrons. The largest absolute Gasteiger partial charge is 0.342 e. The molecule has 26 heavy (non-hydrogen) atoms. The summed E-state index contributed by atoms with van der Waals surface area (Å²) in [5, 5.41) is 3.86. The minimum Gasteiger partial charge on any atom is -0.342 e. The van der Waals surface area contributed by atoms with E-state index in [1.54, 1.807) is 0 Å². The Morgan fingerprint density at radius 3 is 3.04 bits per heavy atom. The number of benzene rings is 1. The van der Waals surface area contributed by atoms with E-state index in [0.717, 1.165) is 55.5 Å². The van der Waals surface area contributed by atoms with Gasteiger partial charge in [-0.05, 0) is 62.4 Å². The molecular weight excluding hydrogens is 322 g/mol. The Bertz CT molecular complexity index is 823. The number of para-hydroxylation sites is 2. The van der Waals surface area contributed by atoms with Crippen LogP contribution in [0.3, 0.4) is 0 Å². The number of nitrogens with one attached hydrogen (secondary N) is 2. The lowest BCUT2D eigenvalue weighted by molar-refractivity contribution is 0.363. The number of H-pyrrole nitrogens is 1. The Labute approximate surface area is 154 Å². The number of rotatable bonds is 7. The number of imidazole rings is 1. The molecule has 136 valence electrons. The zero-order chi connectivity index (χ0) is 17.8. The number of nitrogens with zero attached hydrogens (tertiary/aromatic N) is 2. The van der Waals surface area contributed by atoms with Gasteiger partial charge in [-0.1, -0.05) is 18.2 Å². The van der Waals surface area contributed by atoms with E-state index in [-0.39, 0.29) is 0 Å². The third-order valence-corrected chi connectivity index (χ3v) is 5.27. The van der Waals surface area contributed by atoms with Crippen molar-refractivity contribution >= 4 is 11.0 Å². The highest BCUT2D eigenvalue weighted by Gasteiger charge is 2.24. The van der Waals surface area contributed by atoms with Gasteiger partial charge < -0.3 is 16.0 Å². The molecule has 1 aliphatic rings. The highest BCUT2D eigenvalue weighted by atomic mass is 15.0. The fourth-order valence-corrected chi connectivity index (χ4v) is 4.00. The van der Waals surface area contributed by atoms with Crippen molar-refractivity contribution in [3.05, 3.63) is 59.7 Å². The lowest BCUT2D eigenvalue weighted by Crippen LogP contribution is -2.37. The van der Waals surface area contributed by atoms with E-state index >= 15 is 0 Å². The van der Waals surface area contributed by atoms with Crippen LogP contribution in [0, 0.1) is 0 Å². The summed E-state index contributed by atoms with van der Waals surface area (Å²) in [6.07, 6.45) is 8.35. The Kier molecular flexibility index (Phi) is 5.27. The number of aromatic amines is 1. The first-order chi connectivity index (χ1) is 12.8. The molecule has 4 N–H and O–H groups in total. The minimum absolute atomic E-state index is 0.326. The first kappa shape index (κ1) is 17.2. The van der Waals surface area contributed by atoms with Crippen molar-refractivity contribution in [2.45, 2.75) is 50.6 Å². The summed E-state index contributed by atoms with van der Waals surface area (Å²) in [6, 6.07) is 13.1. The highest BCUT2D eigenvalue weighted by Crippen LogP contribution is 2.28. The van der Waals surface area contributed by atoms with E-state index < -0.39 is 0 Å². The molecule has 0 fully saturated rings. The Morgan fingerprint density at radius 1 is 1.23 bits per heavy atom. The van der Waals surface area contributed by atoms with Crippen LogP contribution < -0.4 is 11.1 Å². The van der Waals surface area contributed by atoms with Gasteiger partial charge in [-0.15, -0.1) is 0 Å². The van der Waals surface area contributed by atoms with Crippen molar-refractivity contribution in [3.63, 3.8) is 0 Å². The molecule has 0 saturated carbocycles. The summed E-state index contributed by atoms with van der Waals surface area (Å²) in [4.78, 5) is 12.9. The van der Waals surface area contributed by atoms with Gasteiger partial charge in [-0.3, -0.25) is 4.98 Å². The van der Waals surface area contributed by atoms with Gasteiger partial charge >= 0.3 is 0 Å². The number of aryl methyl sites for hydroxylation is 1. The summed E-state index contributed by atoms with van der Waals surface area (Å²) < 4.78 is 0. The molecule has 0 saturated heterocycles. The maximum Gasteiger partial charge on any atom is 0.108 e. The zero-order valence-corrected chi connectivity index (χ0v) is 15.1. The Balaban J connectivity index is 1.52. The number of aromatic nitrogens is 3. The van der Waals surface area contributed by atoms with E-state index in [0.29, 0.717) is 12.1 Å². The molecule has 1 unspecified atom stereocenters. The van der Waals surface area contributed by atoms with Crippen molar-refractivity contribution in [1.29, 1.82) is 0 Å². The monoisotopic (exact) mass is 349 g/mol. The number of hydrogen-bond donors (Lipinski definition) is 3. The average molecular weight is 349 g/mol. The van der Waals surface area contributed by atoms with Crippen LogP contribution in [0.25, 0.3) is 11.0 Å². The van der Waals surface area contributed by atoms with Gasteiger partial charge in [0.15, 0.2) is 0 Å². The number of fused-ring (bicyclic) bond motifs is 2. The molecule has 2 aromatic heterocycles. The summed E-state index contributed by atoms with van der Waals surface area (Å²) in [7, 11) is 0. The minimum atomic E-state index is 0.326. The Morgan fingerprint density at radius 2 is 2.15 bits per heavy atom. The molecule has 1 aromatic carbocycles. The second-order valence-electron chi connectivity index (χ2n) is 7.19. The van der Waals surface area contributed by atoms with Crippen molar-refractivity contribution in [3.8, 4) is 0 Å². The third-order valence-electron chi connectivity index (χ3n) is 5.27. The lowest BCUT2D eigenvalue weighted by atomic mass is 9.91. The maximum atomic E-state index is 5.78. The fourth-order valence-electron chi connectivity index (χ4n) is 4.00. The van der Waals surface area contributed by atoms with Gasteiger partial charge in [-0.2, -0.15) is 0 Å². The highest BCUT2D eigenvalue weighted by molar-refractivity contribution is 5.74. The lowest BCUT2D eigenvalue weighted by Gasteiger charge is -2.29. The summed E-state index contributed by atoms with van der Waals surface area (Å²) in [5.74, 6) is 1.04. The quantitative estimate of drug-likeness (QED) is 0.611. The van der Waals surface area contributed by atoms with Crippen LogP contribution in [0.15, 0.2) is 42.6 Å². The van der Waals surface area contributed by atoms with E-state index in [9.17, 15) is 0 Å². The van der Waals surface area contributed by atoms with Crippen molar-refractivity contribution in [1.82, 2.24) is 20.3 Å². The van der Waals surface area contributed by atoms with Crippen molar-refractivity contribution in [2.24, 2.45) is 5.73 Å². The van der Waals surface area contributed by atoms with Crippen LogP contribution in [-0.4, -0.2) is 27.5 Å². The van der Waals surface area contributed by atoms with E-state index in [1.165, 1.54) is 17.7 Å². The smallest absolute Gasteiger partial charge is 0.108 e. The normalized spacial score (nSPS) is 18.0. The summed E-state index contributed by atoms with van der Waals surface area (Å²) in [5.41, 5.74) is 10.5. The summed E-state index contributed by atoms with van der Waals surface area (Å²) >= 11 is 0. The van der Waals surface area contributed by atoms with Crippen molar-refractivity contribution < 1.29 is 0 Å². The second kappa shape index (κ2) is 7.98. The molecule has 3 aromatic rings. The molecule has 2 heterocycles. The Hall–Kier alpha value is -2.24. The van der Waals surface area contributed by atoms with E-state index in [2.05, 4.69) is 33.5 Å². The number of nitrogens with two attached hydrogens (primary N) is 1. The molecule has 0 spiro atoms. The number of pyridine rings is 1. The number of hydrogen-bond acceptors (Lipinski definition) is 4. The molecule has 1 aliphatic carbocycles. The molecule has 0 aliphatic heterocycles. The van der Waals surface area contributed by atoms with Crippen LogP contribution in [0.2, 0.25) is 0 Å². The molecule has 5 heteroatoms. The third kappa shape index (κ3) is 3.79. The van der Waals surface area contributed by atoms with E-state index in [1.807, 2.05) is 24.4 Å². The van der Waals surface area contributed by atoms with Crippen LogP contribution in [0.5, 0.6) is 0 Å². The molecule has 2 atom stereocenters. The standard InChI is InChI=1S/C21H27N5/c22-12-4-8-16(14-20-25-17-9-1-2-10-18(17)26-20)24-19-11-3-6-15-7-5-13-23-21(15)19/h1-2,5,7,9-10,13,16,19,24H,3-4,6,8,11-12,14,22H2,(H,25,26)/t16-,19?/m1/s1. The fraction of sp³-hybridized carbons (Fsp3) is 0.429. The molecule has 0 bridgehead atoms. The van der Waals surface area contributed by atoms with Crippen LogP contribution in [-0.2, 0) is 12.8 Å². The average Bonchev–Trinajstić information content (AvgIpc) is 3.08. The SMILES string of the molecule is NCCC[C@H](Cc1nc2ccccc2[nH]1)NC1CCCc2cccnc21. The van der Waals surface area contributed by atoms with Gasteiger partial charge in [0.1, 0.15) is 5.82 Å². The first-order valence-corrected chi connectivity index (χ1v) is 9.67. The van der Waals surface area contributed by atoms with Crippen molar-refractivity contribution in [2.75, 3.05) is 6.54 Å². The van der Waals surface area contributed by atoms with Gasteiger partial charge in [0.25, 0.3) is 0 Å². The summed E-state index contributed by atoms with van der Waals surface area (Å²) in [6.45, 7) is 0.720. The molecule has 4 rings (SSSR count). The predicted octanol–water partition coefficient (Wildman–Crippen LogP) is 3.28. The molecular formula is C21H27N5. The van der Waals surface area contributed by atoms with Crippen LogP contribution >= 0.6 is 0 Å². The molecule has 5 nitrogen and oxygen atoms in total. The predicted molar refractivity (Wildman–Crippen MR) is 105 cm³/mol.